The Morgan fingerprint density at radius 1 is 0.875 bits per heavy atom. The van der Waals surface area contributed by atoms with Crippen molar-refractivity contribution in [2.24, 2.45) is 0 Å². The number of piperidine rings is 2. The van der Waals surface area contributed by atoms with Crippen LogP contribution in [0.25, 0.3) is 5.52 Å². The molecule has 0 N–H and O–H groups in total. The van der Waals surface area contributed by atoms with E-state index < -0.39 is 0 Å². The van der Waals surface area contributed by atoms with Gasteiger partial charge in [0.15, 0.2) is 0 Å². The first-order chi connectivity index (χ1) is 15.6. The van der Waals surface area contributed by atoms with Crippen LogP contribution in [0, 0.1) is 0 Å². The number of fused-ring (bicyclic) bond motifs is 1. The van der Waals surface area contributed by atoms with E-state index in [1.165, 1.54) is 12.0 Å². The number of carbonyl (C=O) groups is 2. The highest BCUT2D eigenvalue weighted by Gasteiger charge is 2.27. The molecule has 2 saturated heterocycles. The molecule has 2 aromatic heterocycles. The number of pyridine rings is 1. The largest absolute Gasteiger partial charge is 0.339 e. The Balaban J connectivity index is 1.31. The molecule has 166 valence electrons. The van der Waals surface area contributed by atoms with E-state index in [4.69, 9.17) is 0 Å². The lowest BCUT2D eigenvalue weighted by atomic mass is 9.89. The zero-order valence-corrected chi connectivity index (χ0v) is 19.6. The first-order valence-electron chi connectivity index (χ1n) is 11.4. The van der Waals surface area contributed by atoms with Crippen molar-refractivity contribution in [3.05, 3.63) is 70.0 Å². The van der Waals surface area contributed by atoms with Crippen LogP contribution >= 0.6 is 15.9 Å². The fourth-order valence-corrected chi connectivity index (χ4v) is 5.36. The summed E-state index contributed by atoms with van der Waals surface area (Å²) in [6, 6.07) is 11.8. The van der Waals surface area contributed by atoms with Gasteiger partial charge in [0.05, 0.1) is 22.8 Å². The molecular weight excluding hydrogens is 468 g/mol. The lowest BCUT2D eigenvalue weighted by Gasteiger charge is -2.32. The van der Waals surface area contributed by atoms with Crippen molar-refractivity contribution in [3.63, 3.8) is 0 Å². The van der Waals surface area contributed by atoms with Crippen molar-refractivity contribution in [2.45, 2.75) is 38.0 Å². The summed E-state index contributed by atoms with van der Waals surface area (Å²) in [5.74, 6) is 0.540. The van der Waals surface area contributed by atoms with Crippen molar-refractivity contribution >= 4 is 33.3 Å². The van der Waals surface area contributed by atoms with Gasteiger partial charge >= 0.3 is 0 Å². The maximum atomic E-state index is 13.1. The van der Waals surface area contributed by atoms with Crippen molar-refractivity contribution in [3.8, 4) is 0 Å². The minimum Gasteiger partial charge on any atom is -0.339 e. The van der Waals surface area contributed by atoms with E-state index in [0.717, 1.165) is 61.9 Å². The number of rotatable bonds is 3. The Morgan fingerprint density at radius 2 is 1.56 bits per heavy atom. The molecule has 3 aromatic rings. The number of benzene rings is 1. The van der Waals surface area contributed by atoms with Crippen LogP contribution in [0.5, 0.6) is 0 Å². The van der Waals surface area contributed by atoms with Crippen LogP contribution in [0.3, 0.4) is 0 Å². The highest BCUT2D eigenvalue weighted by Crippen LogP contribution is 2.31. The molecule has 0 atom stereocenters. The van der Waals surface area contributed by atoms with Crippen LogP contribution in [-0.2, 0) is 0 Å². The van der Waals surface area contributed by atoms with Gasteiger partial charge in [-0.25, -0.2) is 4.52 Å². The van der Waals surface area contributed by atoms with E-state index in [9.17, 15) is 9.59 Å². The molecule has 0 unspecified atom stereocenters. The predicted molar refractivity (Wildman–Crippen MR) is 127 cm³/mol. The molecule has 0 spiro atoms. The van der Waals surface area contributed by atoms with E-state index in [1.54, 1.807) is 10.7 Å². The van der Waals surface area contributed by atoms with Gasteiger partial charge in [0.25, 0.3) is 11.8 Å². The summed E-state index contributed by atoms with van der Waals surface area (Å²) in [6.07, 6.45) is 8.84. The standard InChI is InChI=1S/C25H27BrN4O2/c26-22-7-3-2-6-20(22)24(31)29-13-8-18(9-14-29)19-10-15-30-23(16-19)21(17-27-30)25(32)28-11-4-1-5-12-28/h2-3,6-7,10,15-18H,1,4-5,8-9,11-14H2. The first-order valence-corrected chi connectivity index (χ1v) is 12.2. The Hall–Kier alpha value is -2.67. The maximum absolute atomic E-state index is 13.1. The second-order valence-electron chi connectivity index (χ2n) is 8.75. The van der Waals surface area contributed by atoms with Crippen LogP contribution in [0.15, 0.2) is 53.3 Å². The summed E-state index contributed by atoms with van der Waals surface area (Å²) < 4.78 is 2.64. The minimum absolute atomic E-state index is 0.0802. The molecular formula is C25H27BrN4O2. The zero-order chi connectivity index (χ0) is 22.1. The molecule has 0 aliphatic carbocycles. The minimum atomic E-state index is 0.0802. The van der Waals surface area contributed by atoms with Crippen molar-refractivity contribution in [1.29, 1.82) is 0 Å². The molecule has 4 heterocycles. The molecule has 0 bridgehead atoms. The highest BCUT2D eigenvalue weighted by molar-refractivity contribution is 9.10. The van der Waals surface area contributed by atoms with Crippen LogP contribution < -0.4 is 0 Å². The maximum Gasteiger partial charge on any atom is 0.257 e. The lowest BCUT2D eigenvalue weighted by molar-refractivity contribution is 0.0708. The summed E-state index contributed by atoms with van der Waals surface area (Å²) in [5.41, 5.74) is 3.51. The molecule has 2 fully saturated rings. The van der Waals surface area contributed by atoms with Crippen LogP contribution in [0.2, 0.25) is 0 Å². The van der Waals surface area contributed by atoms with Gasteiger partial charge in [-0.3, -0.25) is 9.59 Å². The lowest BCUT2D eigenvalue weighted by Crippen LogP contribution is -2.38. The van der Waals surface area contributed by atoms with Gasteiger partial charge in [0, 0.05) is 36.8 Å². The Morgan fingerprint density at radius 3 is 2.31 bits per heavy atom. The SMILES string of the molecule is O=C(c1ccccc1Br)N1CCC(c2ccn3ncc(C(=O)N4CCCCC4)c3c2)CC1. The Bertz CT molecular complexity index is 1140. The Kier molecular flexibility index (Phi) is 6.00. The number of halogens is 1. The van der Waals surface area contributed by atoms with Gasteiger partial charge in [-0.1, -0.05) is 12.1 Å². The monoisotopic (exact) mass is 494 g/mol. The molecule has 1 aromatic carbocycles. The summed E-state index contributed by atoms with van der Waals surface area (Å²) in [4.78, 5) is 29.9. The predicted octanol–water partition coefficient (Wildman–Crippen LogP) is 4.74. The van der Waals surface area contributed by atoms with E-state index in [1.807, 2.05) is 40.3 Å². The molecule has 32 heavy (non-hydrogen) atoms. The molecule has 6 nitrogen and oxygen atoms in total. The summed E-state index contributed by atoms with van der Waals surface area (Å²) in [6.45, 7) is 3.13. The summed E-state index contributed by atoms with van der Waals surface area (Å²) in [7, 11) is 0. The van der Waals surface area contributed by atoms with Crippen molar-refractivity contribution in [2.75, 3.05) is 26.2 Å². The number of hydrogen-bond donors (Lipinski definition) is 0. The van der Waals surface area contributed by atoms with Gasteiger partial charge in [-0.05, 0) is 83.8 Å². The molecule has 0 radical (unpaired) electrons. The van der Waals surface area contributed by atoms with Gasteiger partial charge in [0.1, 0.15) is 0 Å². The average molecular weight is 495 g/mol. The van der Waals surface area contributed by atoms with E-state index in [-0.39, 0.29) is 11.8 Å². The number of aromatic nitrogens is 2. The number of likely N-dealkylation sites (tertiary alicyclic amines) is 2. The first kappa shape index (κ1) is 21.2. The highest BCUT2D eigenvalue weighted by atomic mass is 79.9. The number of amides is 2. The van der Waals surface area contributed by atoms with Crippen LogP contribution in [0.4, 0.5) is 0 Å². The normalized spacial score (nSPS) is 17.7. The molecule has 2 aliphatic heterocycles. The quantitative estimate of drug-likeness (QED) is 0.528. The smallest absolute Gasteiger partial charge is 0.257 e. The number of nitrogens with zero attached hydrogens (tertiary/aromatic N) is 4. The van der Waals surface area contributed by atoms with E-state index in [2.05, 4.69) is 33.2 Å². The third-order valence-electron chi connectivity index (χ3n) is 6.78. The van der Waals surface area contributed by atoms with Crippen LogP contribution in [0.1, 0.15) is 64.3 Å². The van der Waals surface area contributed by atoms with Gasteiger partial charge in [-0.15, -0.1) is 0 Å². The summed E-state index contributed by atoms with van der Waals surface area (Å²) in [5, 5.41) is 4.41. The number of hydrogen-bond acceptors (Lipinski definition) is 3. The fraction of sp³-hybridized carbons (Fsp3) is 0.400. The third-order valence-corrected chi connectivity index (χ3v) is 7.47. The molecule has 5 rings (SSSR count). The van der Waals surface area contributed by atoms with Crippen molar-refractivity contribution in [1.82, 2.24) is 19.4 Å². The second-order valence-corrected chi connectivity index (χ2v) is 9.60. The molecule has 7 heteroatoms. The van der Waals surface area contributed by atoms with Crippen molar-refractivity contribution < 1.29 is 9.59 Å². The van der Waals surface area contributed by atoms with Crippen LogP contribution in [-0.4, -0.2) is 57.4 Å². The summed E-state index contributed by atoms with van der Waals surface area (Å²) >= 11 is 3.49. The van der Waals surface area contributed by atoms with E-state index in [0.29, 0.717) is 17.0 Å². The zero-order valence-electron chi connectivity index (χ0n) is 18.0. The Labute approximate surface area is 196 Å². The molecule has 2 aliphatic rings. The molecule has 2 amide bonds. The van der Waals surface area contributed by atoms with Gasteiger partial charge in [-0.2, -0.15) is 5.10 Å². The average Bonchev–Trinajstić information content (AvgIpc) is 3.27. The van der Waals surface area contributed by atoms with Gasteiger partial charge < -0.3 is 9.80 Å². The number of carbonyl (C=O) groups excluding carboxylic acids is 2. The second kappa shape index (κ2) is 9.06. The topological polar surface area (TPSA) is 57.9 Å². The van der Waals surface area contributed by atoms with E-state index >= 15 is 0 Å². The van der Waals surface area contributed by atoms with Gasteiger partial charge in [0.2, 0.25) is 0 Å². The molecule has 0 saturated carbocycles. The fourth-order valence-electron chi connectivity index (χ4n) is 4.90. The third kappa shape index (κ3) is 4.06.